The maximum Gasteiger partial charge on any atom is 0.416 e. The number of aromatic hydroxyl groups is 1. The highest BCUT2D eigenvalue weighted by Crippen LogP contribution is 2.38. The number of hydrogen-bond donors (Lipinski definition) is 1. The van der Waals surface area contributed by atoms with E-state index in [-0.39, 0.29) is 40.0 Å². The fourth-order valence-corrected chi connectivity index (χ4v) is 3.26. The molecule has 3 aromatic carbocycles. The zero-order valence-electron chi connectivity index (χ0n) is 17.2. The molecule has 0 aliphatic carbocycles. The number of halogens is 4. The van der Waals surface area contributed by atoms with Crippen molar-refractivity contribution in [2.75, 3.05) is 0 Å². The predicted molar refractivity (Wildman–Crippen MR) is 114 cm³/mol. The van der Waals surface area contributed by atoms with E-state index in [2.05, 4.69) is 0 Å². The summed E-state index contributed by atoms with van der Waals surface area (Å²) in [6.45, 7) is 1.59. The Labute approximate surface area is 192 Å². The lowest BCUT2D eigenvalue weighted by atomic mass is 9.89. The second-order valence-corrected chi connectivity index (χ2v) is 7.35. The fourth-order valence-electron chi connectivity index (χ4n) is 3.04. The molecule has 0 aromatic heterocycles. The Hall–Kier alpha value is -3.70. The van der Waals surface area contributed by atoms with Crippen molar-refractivity contribution in [3.63, 3.8) is 0 Å². The molecular formula is C24H17ClF3NO4. The normalized spacial score (nSPS) is 13.0. The summed E-state index contributed by atoms with van der Waals surface area (Å²) in [7, 11) is 0. The minimum Gasteiger partial charge on any atom is -0.508 e. The van der Waals surface area contributed by atoms with Crippen LogP contribution in [0.5, 0.6) is 23.0 Å². The van der Waals surface area contributed by atoms with Gasteiger partial charge in [0.15, 0.2) is 5.78 Å². The number of phenolic OH excluding ortho intramolecular Hbond substituents is 1. The van der Waals surface area contributed by atoms with Crippen LogP contribution in [0.4, 0.5) is 13.2 Å². The first-order valence-corrected chi connectivity index (χ1v) is 10.0. The number of phenols is 1. The molecule has 1 unspecified atom stereocenters. The van der Waals surface area contributed by atoms with E-state index in [4.69, 9.17) is 21.1 Å². The summed E-state index contributed by atoms with van der Waals surface area (Å²) in [4.78, 5) is 12.7. The van der Waals surface area contributed by atoms with E-state index in [1.165, 1.54) is 48.5 Å². The largest absolute Gasteiger partial charge is 0.508 e. The Bertz CT molecular complexity index is 1210. The average Bonchev–Trinajstić information content (AvgIpc) is 2.78. The summed E-state index contributed by atoms with van der Waals surface area (Å²) >= 11 is 5.94. The number of carbonyl (C=O) groups excluding carboxylic acids is 1. The van der Waals surface area contributed by atoms with Crippen LogP contribution in [0.15, 0.2) is 66.7 Å². The van der Waals surface area contributed by atoms with Crippen LogP contribution in [0.2, 0.25) is 5.02 Å². The van der Waals surface area contributed by atoms with Crippen LogP contribution in [-0.2, 0) is 16.6 Å². The number of hydrogen-bond acceptors (Lipinski definition) is 5. The highest BCUT2D eigenvalue weighted by Gasteiger charge is 2.42. The van der Waals surface area contributed by atoms with Crippen molar-refractivity contribution in [1.82, 2.24) is 0 Å². The molecule has 5 nitrogen and oxygen atoms in total. The molecule has 170 valence electrons. The lowest BCUT2D eigenvalue weighted by Gasteiger charge is -2.27. The van der Waals surface area contributed by atoms with Gasteiger partial charge in [0.2, 0.25) is 0 Å². The van der Waals surface area contributed by atoms with Gasteiger partial charge in [0.1, 0.15) is 29.1 Å². The summed E-state index contributed by atoms with van der Waals surface area (Å²) in [6.07, 6.45) is -4.54. The van der Waals surface area contributed by atoms with Gasteiger partial charge in [0.05, 0.1) is 10.6 Å². The van der Waals surface area contributed by atoms with Gasteiger partial charge in [-0.05, 0) is 54.6 Å². The second-order valence-electron chi connectivity index (χ2n) is 6.94. The van der Waals surface area contributed by atoms with Crippen molar-refractivity contribution < 1.29 is 32.5 Å². The molecule has 9 heteroatoms. The Morgan fingerprint density at radius 2 is 1.67 bits per heavy atom. The van der Waals surface area contributed by atoms with E-state index in [9.17, 15) is 28.3 Å². The molecule has 0 saturated carbocycles. The summed E-state index contributed by atoms with van der Waals surface area (Å²) in [5, 5.41) is 19.2. The molecule has 3 rings (SSSR count). The van der Waals surface area contributed by atoms with Crippen molar-refractivity contribution >= 4 is 17.4 Å². The van der Waals surface area contributed by atoms with Gasteiger partial charge < -0.3 is 14.6 Å². The van der Waals surface area contributed by atoms with Crippen LogP contribution in [0.1, 0.15) is 24.5 Å². The quantitative estimate of drug-likeness (QED) is 0.414. The number of ether oxygens (including phenoxy) is 2. The molecule has 33 heavy (non-hydrogen) atoms. The van der Waals surface area contributed by atoms with Crippen molar-refractivity contribution in [3.8, 4) is 29.1 Å². The monoisotopic (exact) mass is 475 g/mol. The zero-order valence-corrected chi connectivity index (χ0v) is 17.9. The van der Waals surface area contributed by atoms with Gasteiger partial charge in [0, 0.05) is 18.1 Å². The smallest absolute Gasteiger partial charge is 0.416 e. The van der Waals surface area contributed by atoms with Crippen molar-refractivity contribution in [1.29, 1.82) is 5.26 Å². The fraction of sp³-hybridized carbons (Fsp3) is 0.167. The second kappa shape index (κ2) is 9.43. The van der Waals surface area contributed by atoms with E-state index >= 15 is 0 Å². The van der Waals surface area contributed by atoms with Gasteiger partial charge >= 0.3 is 6.18 Å². The minimum absolute atomic E-state index is 0.00574. The maximum atomic E-state index is 12.8. The van der Waals surface area contributed by atoms with Gasteiger partial charge in [-0.15, -0.1) is 0 Å². The predicted octanol–water partition coefficient (Wildman–Crippen LogP) is 6.63. The third-order valence-electron chi connectivity index (χ3n) is 4.71. The van der Waals surface area contributed by atoms with E-state index in [0.717, 1.165) is 18.2 Å². The lowest BCUT2D eigenvalue weighted by Crippen LogP contribution is -2.40. The summed E-state index contributed by atoms with van der Waals surface area (Å²) in [5.74, 6) is -0.301. The molecule has 1 atom stereocenters. The number of rotatable bonds is 7. The number of nitrogens with zero attached hydrogens (tertiary/aromatic N) is 1. The van der Waals surface area contributed by atoms with Gasteiger partial charge in [-0.1, -0.05) is 24.6 Å². The number of alkyl halides is 3. The van der Waals surface area contributed by atoms with Gasteiger partial charge in [-0.25, -0.2) is 0 Å². The molecule has 0 bridgehead atoms. The first kappa shape index (κ1) is 24.0. The lowest BCUT2D eigenvalue weighted by molar-refractivity contribution is -0.137. The highest BCUT2D eigenvalue weighted by atomic mass is 35.5. The molecule has 0 heterocycles. The van der Waals surface area contributed by atoms with E-state index < -0.39 is 23.1 Å². The van der Waals surface area contributed by atoms with Crippen LogP contribution < -0.4 is 9.47 Å². The first-order chi connectivity index (χ1) is 15.6. The Morgan fingerprint density at radius 3 is 2.24 bits per heavy atom. The topological polar surface area (TPSA) is 79.6 Å². The first-order valence-electron chi connectivity index (χ1n) is 9.67. The van der Waals surface area contributed by atoms with Crippen LogP contribution >= 0.6 is 11.6 Å². The van der Waals surface area contributed by atoms with Gasteiger partial charge in [-0.2, -0.15) is 18.4 Å². The van der Waals surface area contributed by atoms with Gasteiger partial charge in [0.25, 0.3) is 5.60 Å². The van der Waals surface area contributed by atoms with Gasteiger partial charge in [-0.3, -0.25) is 4.79 Å². The number of carbonyl (C=O) groups is 1. The number of ketones is 1. The minimum atomic E-state index is -4.55. The van der Waals surface area contributed by atoms with Crippen LogP contribution in [-0.4, -0.2) is 10.9 Å². The van der Waals surface area contributed by atoms with E-state index in [1.807, 2.05) is 6.07 Å². The van der Waals surface area contributed by atoms with Crippen LogP contribution in [0.3, 0.4) is 0 Å². The molecule has 3 aromatic rings. The Kier molecular flexibility index (Phi) is 6.84. The average molecular weight is 476 g/mol. The SMILES string of the molecule is CCC(=O)C(C#N)(Oc1cccc(Oc2ccc(C(F)(F)F)cc2Cl)c1)c1ccc(O)cc1. The molecule has 1 N–H and O–H groups in total. The summed E-state index contributed by atoms with van der Waals surface area (Å²) in [5.41, 5.74) is -2.66. The van der Waals surface area contributed by atoms with Crippen LogP contribution in [0, 0.1) is 11.3 Å². The zero-order chi connectivity index (χ0) is 24.2. The maximum absolute atomic E-state index is 12.8. The molecule has 0 saturated heterocycles. The summed E-state index contributed by atoms with van der Waals surface area (Å²) < 4.78 is 50.0. The number of benzene rings is 3. The molecule has 0 fully saturated rings. The molecule has 0 radical (unpaired) electrons. The van der Waals surface area contributed by atoms with E-state index in [1.54, 1.807) is 6.92 Å². The molecule has 0 aliphatic rings. The van der Waals surface area contributed by atoms with E-state index in [0.29, 0.717) is 0 Å². The van der Waals surface area contributed by atoms with Crippen LogP contribution in [0.25, 0.3) is 0 Å². The molecule has 0 spiro atoms. The number of nitriles is 1. The third kappa shape index (κ3) is 5.21. The molecule has 0 amide bonds. The highest BCUT2D eigenvalue weighted by molar-refractivity contribution is 6.32. The molecule has 0 aliphatic heterocycles. The van der Waals surface area contributed by atoms with Crippen molar-refractivity contribution in [3.05, 3.63) is 82.9 Å². The Morgan fingerprint density at radius 1 is 1.03 bits per heavy atom. The number of Topliss-reactive ketones (excluding diaryl/α,β-unsaturated/α-hetero) is 1. The van der Waals surface area contributed by atoms with Crippen molar-refractivity contribution in [2.24, 2.45) is 0 Å². The van der Waals surface area contributed by atoms with Crippen molar-refractivity contribution in [2.45, 2.75) is 25.1 Å². The standard InChI is InChI=1S/C24H17ClF3NO4/c1-2-22(31)23(14-29,15-6-9-17(30)10-7-15)33-19-5-3-4-18(13-19)32-21-11-8-16(12-20(21)25)24(26,27)28/h3-13,30H,2H2,1H3. The molecular weight excluding hydrogens is 459 g/mol. The third-order valence-corrected chi connectivity index (χ3v) is 5.00. The Balaban J connectivity index is 1.93. The summed E-state index contributed by atoms with van der Waals surface area (Å²) in [6, 6.07) is 16.0.